The lowest BCUT2D eigenvalue weighted by molar-refractivity contribution is -0.124. The van der Waals surface area contributed by atoms with Crippen LogP contribution in [0.4, 0.5) is 0 Å². The van der Waals surface area contributed by atoms with Crippen LogP contribution in [0.5, 0.6) is 5.75 Å². The van der Waals surface area contributed by atoms with Crippen molar-refractivity contribution in [3.8, 4) is 5.75 Å². The standard InChI is InChI=1S/C22H27NO4/c1-26-21-15-27-17(13-20(21)24)14-23-12-11-22(25,16-7-3-2-4-8-16)18-9-5-6-10-19(18)23/h2-4,7-8,13,15,18-19,25H,5-6,9-12,14H2,1H3/t18-,19-,22+/m1/s1. The van der Waals surface area contributed by atoms with E-state index in [1.807, 2.05) is 30.3 Å². The third kappa shape index (κ3) is 3.42. The van der Waals surface area contributed by atoms with Crippen molar-refractivity contribution >= 4 is 0 Å². The van der Waals surface area contributed by atoms with Gasteiger partial charge in [-0.15, -0.1) is 0 Å². The maximum atomic E-state index is 12.0. The number of benzene rings is 1. The largest absolute Gasteiger partial charge is 0.490 e. The first-order valence-corrected chi connectivity index (χ1v) is 9.79. The summed E-state index contributed by atoms with van der Waals surface area (Å²) in [7, 11) is 1.47. The molecule has 3 atom stereocenters. The van der Waals surface area contributed by atoms with Gasteiger partial charge in [0.1, 0.15) is 12.0 Å². The number of hydrogen-bond donors (Lipinski definition) is 1. The fraction of sp³-hybridized carbons (Fsp3) is 0.500. The molecule has 0 amide bonds. The zero-order valence-electron chi connectivity index (χ0n) is 15.8. The first-order chi connectivity index (χ1) is 13.1. The second-order valence-electron chi connectivity index (χ2n) is 7.75. The lowest BCUT2D eigenvalue weighted by Gasteiger charge is -2.52. The molecule has 2 fully saturated rings. The molecule has 2 aliphatic rings. The number of rotatable bonds is 4. The van der Waals surface area contributed by atoms with E-state index in [9.17, 15) is 9.90 Å². The Labute approximate surface area is 159 Å². The van der Waals surface area contributed by atoms with Gasteiger partial charge in [-0.2, -0.15) is 0 Å². The van der Waals surface area contributed by atoms with Crippen molar-refractivity contribution in [1.29, 1.82) is 0 Å². The van der Waals surface area contributed by atoms with Crippen molar-refractivity contribution in [3.63, 3.8) is 0 Å². The van der Waals surface area contributed by atoms with Gasteiger partial charge in [-0.05, 0) is 24.8 Å². The van der Waals surface area contributed by atoms with Crippen LogP contribution < -0.4 is 10.2 Å². The Morgan fingerprint density at radius 2 is 2.04 bits per heavy atom. The van der Waals surface area contributed by atoms with Crippen molar-refractivity contribution < 1.29 is 14.3 Å². The van der Waals surface area contributed by atoms with Crippen LogP contribution in [0.25, 0.3) is 0 Å². The molecule has 2 aromatic rings. The van der Waals surface area contributed by atoms with Crippen molar-refractivity contribution in [2.45, 2.75) is 50.3 Å². The van der Waals surface area contributed by atoms with Gasteiger partial charge in [0.2, 0.25) is 11.2 Å². The van der Waals surface area contributed by atoms with E-state index in [0.29, 0.717) is 24.8 Å². The van der Waals surface area contributed by atoms with E-state index in [0.717, 1.165) is 31.4 Å². The molecule has 0 bridgehead atoms. The number of nitrogens with zero attached hydrogens (tertiary/aromatic N) is 1. The highest BCUT2D eigenvalue weighted by Crippen LogP contribution is 2.47. The average Bonchev–Trinajstić information content (AvgIpc) is 2.71. The number of hydrogen-bond acceptors (Lipinski definition) is 5. The molecule has 5 nitrogen and oxygen atoms in total. The minimum absolute atomic E-state index is 0.156. The molecule has 4 rings (SSSR count). The molecular formula is C22H27NO4. The Balaban J connectivity index is 1.58. The Bertz CT molecular complexity index is 834. The van der Waals surface area contributed by atoms with Gasteiger partial charge in [-0.25, -0.2) is 0 Å². The molecule has 2 heterocycles. The van der Waals surface area contributed by atoms with Crippen LogP contribution in [0, 0.1) is 5.92 Å². The Kier molecular flexibility index (Phi) is 5.06. The van der Waals surface area contributed by atoms with Crippen LogP contribution in [-0.4, -0.2) is 29.7 Å². The van der Waals surface area contributed by atoms with E-state index in [4.69, 9.17) is 9.15 Å². The summed E-state index contributed by atoms with van der Waals surface area (Å²) in [5.41, 5.74) is 0.0955. The van der Waals surface area contributed by atoms with E-state index in [1.165, 1.54) is 25.9 Å². The van der Waals surface area contributed by atoms with Crippen molar-refractivity contribution in [2.75, 3.05) is 13.7 Å². The molecule has 1 aliphatic carbocycles. The lowest BCUT2D eigenvalue weighted by Crippen LogP contribution is -2.57. The highest BCUT2D eigenvalue weighted by molar-refractivity contribution is 5.26. The summed E-state index contributed by atoms with van der Waals surface area (Å²) in [6, 6.07) is 11.9. The molecule has 1 aliphatic heterocycles. The second-order valence-corrected chi connectivity index (χ2v) is 7.75. The van der Waals surface area contributed by atoms with Crippen LogP contribution in [0.15, 0.2) is 51.9 Å². The topological polar surface area (TPSA) is 62.9 Å². The summed E-state index contributed by atoms with van der Waals surface area (Å²) >= 11 is 0. The van der Waals surface area contributed by atoms with E-state index < -0.39 is 5.60 Å². The maximum absolute atomic E-state index is 12.0. The maximum Gasteiger partial charge on any atom is 0.227 e. The number of methoxy groups -OCH3 is 1. The zero-order chi connectivity index (χ0) is 18.9. The van der Waals surface area contributed by atoms with Gasteiger partial charge < -0.3 is 14.3 Å². The molecule has 144 valence electrons. The van der Waals surface area contributed by atoms with Crippen LogP contribution in [0.2, 0.25) is 0 Å². The molecular weight excluding hydrogens is 342 g/mol. The SMILES string of the molecule is COc1coc(CN2CC[C@](O)(c3ccccc3)[C@@H]3CCCC[C@H]32)cc1=O. The number of aliphatic hydroxyl groups is 1. The molecule has 27 heavy (non-hydrogen) atoms. The van der Waals surface area contributed by atoms with Crippen molar-refractivity contribution in [2.24, 2.45) is 5.92 Å². The van der Waals surface area contributed by atoms with E-state index in [1.54, 1.807) is 0 Å². The quantitative estimate of drug-likeness (QED) is 0.896. The molecule has 5 heteroatoms. The van der Waals surface area contributed by atoms with Crippen LogP contribution in [0.1, 0.15) is 43.4 Å². The fourth-order valence-corrected chi connectivity index (χ4v) is 4.92. The molecule has 0 spiro atoms. The van der Waals surface area contributed by atoms with E-state index in [2.05, 4.69) is 4.90 Å². The summed E-state index contributed by atoms with van der Waals surface area (Å²) in [4.78, 5) is 14.4. The minimum Gasteiger partial charge on any atom is -0.490 e. The summed E-state index contributed by atoms with van der Waals surface area (Å²) < 4.78 is 10.6. The molecule has 0 unspecified atom stereocenters. The Morgan fingerprint density at radius 1 is 1.26 bits per heavy atom. The van der Waals surface area contributed by atoms with Gasteiger partial charge in [0.25, 0.3) is 0 Å². The summed E-state index contributed by atoms with van der Waals surface area (Å²) in [5.74, 6) is 1.08. The van der Waals surface area contributed by atoms with Gasteiger partial charge in [0, 0.05) is 24.6 Å². The van der Waals surface area contributed by atoms with Crippen LogP contribution >= 0.6 is 0 Å². The fourth-order valence-electron chi connectivity index (χ4n) is 4.92. The third-order valence-electron chi connectivity index (χ3n) is 6.30. The van der Waals surface area contributed by atoms with Crippen LogP contribution in [0.3, 0.4) is 0 Å². The monoisotopic (exact) mass is 369 g/mol. The molecule has 1 saturated carbocycles. The molecule has 1 aromatic heterocycles. The molecule has 1 N–H and O–H groups in total. The first kappa shape index (κ1) is 18.3. The minimum atomic E-state index is -0.774. The third-order valence-corrected chi connectivity index (χ3v) is 6.30. The molecule has 1 aromatic carbocycles. The predicted octanol–water partition coefficient (Wildman–Crippen LogP) is 3.30. The summed E-state index contributed by atoms with van der Waals surface area (Å²) in [6.07, 6.45) is 6.51. The predicted molar refractivity (Wildman–Crippen MR) is 103 cm³/mol. The Morgan fingerprint density at radius 3 is 2.78 bits per heavy atom. The second kappa shape index (κ2) is 7.49. The van der Waals surface area contributed by atoms with Crippen molar-refractivity contribution in [3.05, 3.63) is 64.2 Å². The normalized spacial score (nSPS) is 28.5. The highest BCUT2D eigenvalue weighted by atomic mass is 16.5. The number of piperidine rings is 1. The van der Waals surface area contributed by atoms with Gasteiger partial charge in [-0.3, -0.25) is 9.69 Å². The van der Waals surface area contributed by atoms with Gasteiger partial charge in [0.15, 0.2) is 0 Å². The van der Waals surface area contributed by atoms with Crippen LogP contribution in [-0.2, 0) is 12.1 Å². The van der Waals surface area contributed by atoms with E-state index >= 15 is 0 Å². The Hall–Kier alpha value is -2.11. The van der Waals surface area contributed by atoms with Gasteiger partial charge in [0.05, 0.1) is 19.3 Å². The number of fused-ring (bicyclic) bond motifs is 1. The number of ether oxygens (including phenoxy) is 1. The lowest BCUT2D eigenvalue weighted by atomic mass is 9.66. The van der Waals surface area contributed by atoms with Gasteiger partial charge in [-0.1, -0.05) is 43.2 Å². The average molecular weight is 369 g/mol. The smallest absolute Gasteiger partial charge is 0.227 e. The zero-order valence-corrected chi connectivity index (χ0v) is 15.8. The number of likely N-dealkylation sites (tertiary alicyclic amines) is 1. The highest BCUT2D eigenvalue weighted by Gasteiger charge is 2.49. The van der Waals surface area contributed by atoms with Crippen molar-refractivity contribution in [1.82, 2.24) is 4.90 Å². The molecule has 0 radical (unpaired) electrons. The summed E-state index contributed by atoms with van der Waals surface area (Å²) in [5, 5.41) is 11.6. The van der Waals surface area contributed by atoms with Gasteiger partial charge >= 0.3 is 0 Å². The van der Waals surface area contributed by atoms with E-state index in [-0.39, 0.29) is 17.1 Å². The summed E-state index contributed by atoms with van der Waals surface area (Å²) in [6.45, 7) is 1.37. The molecule has 1 saturated heterocycles. The first-order valence-electron chi connectivity index (χ1n) is 9.79.